The minimum atomic E-state index is -2.49. The molecule has 0 spiro atoms. The van der Waals surface area contributed by atoms with E-state index in [-0.39, 0.29) is 0 Å². The van der Waals surface area contributed by atoms with Crippen molar-refractivity contribution in [3.8, 4) is 0 Å². The lowest BCUT2D eigenvalue weighted by molar-refractivity contribution is 0.109. The number of hydrogen-bond donors (Lipinski definition) is 0. The Hall–Kier alpha value is 0.234. The van der Waals surface area contributed by atoms with Crippen LogP contribution in [0.15, 0.2) is 0 Å². The fourth-order valence-corrected chi connectivity index (χ4v) is 7.62. The second-order valence-corrected chi connectivity index (χ2v) is 13.2. The van der Waals surface area contributed by atoms with Gasteiger partial charge in [0.15, 0.2) is 8.32 Å². The van der Waals surface area contributed by atoms with E-state index in [2.05, 4.69) is 19.6 Å². The van der Waals surface area contributed by atoms with Gasteiger partial charge in [0.05, 0.1) is 13.2 Å². The number of ether oxygens (including phenoxy) is 2. The Morgan fingerprint density at radius 3 is 2.22 bits per heavy atom. The van der Waals surface area contributed by atoms with Crippen molar-refractivity contribution in [3.05, 3.63) is 0 Å². The Kier molecular flexibility index (Phi) is 6.45. The van der Waals surface area contributed by atoms with E-state index in [1.807, 2.05) is 0 Å². The van der Waals surface area contributed by atoms with Crippen molar-refractivity contribution in [1.82, 2.24) is 0 Å². The Labute approximate surface area is 112 Å². The quantitative estimate of drug-likeness (QED) is 0.350. The summed E-state index contributed by atoms with van der Waals surface area (Å²) in [6.45, 7) is 8.68. The van der Waals surface area contributed by atoms with Gasteiger partial charge in [-0.3, -0.25) is 0 Å². The molecule has 1 unspecified atom stereocenters. The van der Waals surface area contributed by atoms with Gasteiger partial charge in [-0.2, -0.15) is 0 Å². The van der Waals surface area contributed by atoms with E-state index < -0.39 is 17.1 Å². The molecule has 7 heteroatoms. The Morgan fingerprint density at radius 2 is 1.78 bits per heavy atom. The summed E-state index contributed by atoms with van der Waals surface area (Å²) >= 11 is 0. The zero-order chi connectivity index (χ0) is 13.6. The molecule has 0 amide bonds. The maximum atomic E-state index is 6.12. The Balaban J connectivity index is 2.26. The zero-order valence-corrected chi connectivity index (χ0v) is 14.2. The average molecular weight is 294 g/mol. The third-order valence-electron chi connectivity index (χ3n) is 2.56. The maximum absolute atomic E-state index is 6.12. The Morgan fingerprint density at radius 1 is 1.17 bits per heavy atom. The molecule has 5 nitrogen and oxygen atoms in total. The molecule has 1 aliphatic heterocycles. The molecule has 0 radical (unpaired) electrons. The highest BCUT2D eigenvalue weighted by atomic mass is 28.5. The summed E-state index contributed by atoms with van der Waals surface area (Å²) in [7, 11) is -0.799. The molecule has 1 fully saturated rings. The van der Waals surface area contributed by atoms with Crippen LogP contribution in [0.5, 0.6) is 0 Å². The summed E-state index contributed by atoms with van der Waals surface area (Å²) in [5.74, 6) is 0. The maximum Gasteiger partial charge on any atom is 0.490 e. The minimum absolute atomic E-state index is 0.329. The van der Waals surface area contributed by atoms with Gasteiger partial charge in [-0.05, 0) is 26.1 Å². The van der Waals surface area contributed by atoms with Gasteiger partial charge in [-0.1, -0.05) is 0 Å². The number of hydrogen-bond acceptors (Lipinski definition) is 5. The third kappa shape index (κ3) is 6.41. The van der Waals surface area contributed by atoms with Crippen molar-refractivity contribution in [2.75, 3.05) is 34.0 Å². The molecule has 1 rings (SSSR count). The van der Waals surface area contributed by atoms with Crippen LogP contribution in [0.3, 0.4) is 0 Å². The van der Waals surface area contributed by atoms with Gasteiger partial charge in [-0.25, -0.2) is 0 Å². The van der Waals surface area contributed by atoms with Crippen LogP contribution in [-0.4, -0.2) is 57.3 Å². The van der Waals surface area contributed by atoms with E-state index >= 15 is 0 Å². The fourth-order valence-electron chi connectivity index (χ4n) is 1.66. The smallest absolute Gasteiger partial charge is 0.416 e. The highest BCUT2D eigenvalue weighted by Crippen LogP contribution is 2.21. The molecule has 18 heavy (non-hydrogen) atoms. The van der Waals surface area contributed by atoms with Crippen LogP contribution in [0, 0.1) is 0 Å². The first-order chi connectivity index (χ1) is 8.41. The SMILES string of the molecule is CO[Si](CCCOCC1CO1)(OC)O[Si](C)(C)C. The molecule has 108 valence electrons. The van der Waals surface area contributed by atoms with Crippen LogP contribution >= 0.6 is 0 Å². The molecule has 1 aliphatic rings. The van der Waals surface area contributed by atoms with Gasteiger partial charge in [0.2, 0.25) is 0 Å². The van der Waals surface area contributed by atoms with Crippen molar-refractivity contribution in [2.45, 2.75) is 38.2 Å². The molecular formula is C11H26O5Si2. The predicted molar refractivity (Wildman–Crippen MR) is 74.2 cm³/mol. The van der Waals surface area contributed by atoms with Crippen LogP contribution in [0.2, 0.25) is 25.7 Å². The van der Waals surface area contributed by atoms with Crippen molar-refractivity contribution in [2.24, 2.45) is 0 Å². The topological polar surface area (TPSA) is 49.5 Å². The van der Waals surface area contributed by atoms with Gasteiger partial charge in [0.25, 0.3) is 0 Å². The monoisotopic (exact) mass is 294 g/mol. The molecule has 0 aromatic rings. The molecular weight excluding hydrogens is 268 g/mol. The molecule has 1 atom stereocenters. The van der Waals surface area contributed by atoms with Crippen molar-refractivity contribution < 1.29 is 22.4 Å². The van der Waals surface area contributed by atoms with E-state index in [0.29, 0.717) is 19.3 Å². The first kappa shape index (κ1) is 16.3. The Bertz CT molecular complexity index is 236. The molecule has 1 heterocycles. The van der Waals surface area contributed by atoms with Gasteiger partial charge in [0, 0.05) is 26.9 Å². The normalized spacial score (nSPS) is 20.2. The van der Waals surface area contributed by atoms with Crippen LogP contribution in [0.4, 0.5) is 0 Å². The molecule has 0 aromatic carbocycles. The van der Waals surface area contributed by atoms with Gasteiger partial charge < -0.3 is 22.4 Å². The third-order valence-corrected chi connectivity index (χ3v) is 8.46. The summed E-state index contributed by atoms with van der Waals surface area (Å²) in [5.41, 5.74) is 0. The minimum Gasteiger partial charge on any atom is -0.416 e. The van der Waals surface area contributed by atoms with Crippen LogP contribution in [-0.2, 0) is 22.4 Å². The number of epoxide rings is 1. The first-order valence-electron chi connectivity index (χ1n) is 6.40. The second kappa shape index (κ2) is 7.13. The van der Waals surface area contributed by atoms with Crippen LogP contribution in [0.25, 0.3) is 0 Å². The zero-order valence-electron chi connectivity index (χ0n) is 12.2. The fraction of sp³-hybridized carbons (Fsp3) is 1.00. The van der Waals surface area contributed by atoms with Gasteiger partial charge in [-0.15, -0.1) is 0 Å². The molecule has 0 saturated carbocycles. The second-order valence-electron chi connectivity index (χ2n) is 5.44. The van der Waals surface area contributed by atoms with Crippen molar-refractivity contribution >= 4 is 17.1 Å². The lowest BCUT2D eigenvalue weighted by Gasteiger charge is -2.33. The van der Waals surface area contributed by atoms with Crippen molar-refractivity contribution in [3.63, 3.8) is 0 Å². The molecule has 0 bridgehead atoms. The standard InChI is InChI=1S/C11H26O5Si2/c1-12-18(13-2,16-17(3,4)5)8-6-7-14-9-11-10-15-11/h11H,6-10H2,1-5H3. The van der Waals surface area contributed by atoms with E-state index in [4.69, 9.17) is 22.4 Å². The summed E-state index contributed by atoms with van der Waals surface area (Å²) in [5, 5.41) is 0. The molecule has 0 N–H and O–H groups in total. The van der Waals surface area contributed by atoms with Crippen LogP contribution < -0.4 is 0 Å². The van der Waals surface area contributed by atoms with Crippen LogP contribution in [0.1, 0.15) is 6.42 Å². The highest BCUT2D eigenvalue weighted by Gasteiger charge is 2.42. The predicted octanol–water partition coefficient (Wildman–Crippen LogP) is 1.88. The molecule has 0 aromatic heterocycles. The summed E-state index contributed by atoms with van der Waals surface area (Å²) in [6.07, 6.45) is 1.22. The summed E-state index contributed by atoms with van der Waals surface area (Å²) in [6, 6.07) is 0.801. The lowest BCUT2D eigenvalue weighted by Crippen LogP contribution is -2.51. The summed E-state index contributed by atoms with van der Waals surface area (Å²) < 4.78 is 27.8. The largest absolute Gasteiger partial charge is 0.490 e. The first-order valence-corrected chi connectivity index (χ1v) is 11.7. The molecule has 1 saturated heterocycles. The summed E-state index contributed by atoms with van der Waals surface area (Å²) in [4.78, 5) is 0. The van der Waals surface area contributed by atoms with E-state index in [9.17, 15) is 0 Å². The van der Waals surface area contributed by atoms with E-state index in [1.54, 1.807) is 14.2 Å². The highest BCUT2D eigenvalue weighted by molar-refractivity contribution is 6.79. The lowest BCUT2D eigenvalue weighted by atomic mass is 10.5. The van der Waals surface area contributed by atoms with Crippen molar-refractivity contribution in [1.29, 1.82) is 0 Å². The number of rotatable bonds is 10. The molecule has 0 aliphatic carbocycles. The average Bonchev–Trinajstić information content (AvgIpc) is 3.09. The van der Waals surface area contributed by atoms with Gasteiger partial charge >= 0.3 is 8.80 Å². The van der Waals surface area contributed by atoms with E-state index in [1.165, 1.54) is 0 Å². The van der Waals surface area contributed by atoms with Gasteiger partial charge in [0.1, 0.15) is 6.10 Å². The van der Waals surface area contributed by atoms with E-state index in [0.717, 1.165) is 19.1 Å².